The van der Waals surface area contributed by atoms with Crippen molar-refractivity contribution in [3.8, 4) is 0 Å². The van der Waals surface area contributed by atoms with Crippen LogP contribution in [0.15, 0.2) is 0 Å². The zero-order chi connectivity index (χ0) is 12.1. The Hall–Kier alpha value is -0.610. The lowest BCUT2D eigenvalue weighted by Crippen LogP contribution is -2.35. The summed E-state index contributed by atoms with van der Waals surface area (Å²) in [5.41, 5.74) is 0. The van der Waals surface area contributed by atoms with Gasteiger partial charge in [-0.3, -0.25) is 4.79 Å². The van der Waals surface area contributed by atoms with Crippen molar-refractivity contribution in [2.24, 2.45) is 5.92 Å². The minimum Gasteiger partial charge on any atom is -0.396 e. The average molecular weight is 228 g/mol. The number of nitrogens with zero attached hydrogens (tertiary/aromatic N) is 2. The van der Waals surface area contributed by atoms with E-state index in [1.807, 2.05) is 4.90 Å². The predicted octanol–water partition coefficient (Wildman–Crippen LogP) is 0.557. The van der Waals surface area contributed by atoms with Crippen molar-refractivity contribution in [3.05, 3.63) is 0 Å². The SMILES string of the molecule is CC1CN(C(=O)CCCCO)CC1N(C)C. The van der Waals surface area contributed by atoms with Crippen molar-refractivity contribution in [3.63, 3.8) is 0 Å². The normalized spacial score (nSPS) is 25.4. The molecular formula is C12H24N2O2. The van der Waals surface area contributed by atoms with E-state index in [4.69, 9.17) is 5.11 Å². The summed E-state index contributed by atoms with van der Waals surface area (Å²) in [4.78, 5) is 16.0. The Kier molecular flexibility index (Phi) is 5.22. The van der Waals surface area contributed by atoms with Crippen LogP contribution in [-0.4, -0.2) is 60.6 Å². The number of unbranched alkanes of at least 4 members (excludes halogenated alkanes) is 1. The zero-order valence-electron chi connectivity index (χ0n) is 10.6. The van der Waals surface area contributed by atoms with Gasteiger partial charge in [-0.05, 0) is 32.9 Å². The number of likely N-dealkylation sites (tertiary alicyclic amines) is 1. The highest BCUT2D eigenvalue weighted by molar-refractivity contribution is 5.76. The summed E-state index contributed by atoms with van der Waals surface area (Å²) in [6.07, 6.45) is 2.10. The number of hydrogen-bond donors (Lipinski definition) is 1. The van der Waals surface area contributed by atoms with Gasteiger partial charge >= 0.3 is 0 Å². The van der Waals surface area contributed by atoms with Crippen LogP contribution < -0.4 is 0 Å². The summed E-state index contributed by atoms with van der Waals surface area (Å²) in [6.45, 7) is 4.11. The van der Waals surface area contributed by atoms with E-state index in [9.17, 15) is 4.79 Å². The van der Waals surface area contributed by atoms with Gasteiger partial charge in [-0.2, -0.15) is 0 Å². The average Bonchev–Trinajstić information content (AvgIpc) is 2.60. The fraction of sp³-hybridized carbons (Fsp3) is 0.917. The van der Waals surface area contributed by atoms with E-state index in [-0.39, 0.29) is 12.5 Å². The van der Waals surface area contributed by atoms with Gasteiger partial charge in [0.2, 0.25) is 5.91 Å². The van der Waals surface area contributed by atoms with E-state index in [1.54, 1.807) is 0 Å². The molecule has 1 amide bonds. The second kappa shape index (κ2) is 6.21. The molecule has 2 atom stereocenters. The number of aliphatic hydroxyl groups is 1. The maximum absolute atomic E-state index is 11.9. The minimum atomic E-state index is 0.185. The molecule has 0 aromatic carbocycles. The first-order valence-corrected chi connectivity index (χ1v) is 6.11. The standard InChI is InChI=1S/C12H24N2O2/c1-10-8-14(9-11(10)13(2)3)12(16)6-4-5-7-15/h10-11,15H,4-9H2,1-3H3. The first kappa shape index (κ1) is 13.5. The molecule has 0 spiro atoms. The van der Waals surface area contributed by atoms with Gasteiger partial charge in [-0.1, -0.05) is 6.92 Å². The molecule has 0 bridgehead atoms. The molecule has 4 heteroatoms. The molecule has 0 saturated carbocycles. The number of likely N-dealkylation sites (N-methyl/N-ethyl adjacent to an activating group) is 1. The Balaban J connectivity index is 2.36. The molecule has 94 valence electrons. The van der Waals surface area contributed by atoms with Crippen LogP contribution in [0.4, 0.5) is 0 Å². The van der Waals surface area contributed by atoms with Crippen LogP contribution in [0.2, 0.25) is 0 Å². The molecule has 0 radical (unpaired) electrons. The van der Waals surface area contributed by atoms with E-state index < -0.39 is 0 Å². The number of hydrogen-bond acceptors (Lipinski definition) is 3. The number of rotatable bonds is 5. The second-order valence-electron chi connectivity index (χ2n) is 4.99. The molecule has 2 unspecified atom stereocenters. The quantitative estimate of drug-likeness (QED) is 0.699. The van der Waals surface area contributed by atoms with Gasteiger partial charge in [0, 0.05) is 32.2 Å². The maximum atomic E-state index is 11.9. The molecule has 0 aromatic rings. The Morgan fingerprint density at radius 2 is 2.06 bits per heavy atom. The molecule has 1 heterocycles. The molecule has 0 aliphatic carbocycles. The maximum Gasteiger partial charge on any atom is 0.222 e. The second-order valence-corrected chi connectivity index (χ2v) is 4.99. The summed E-state index contributed by atoms with van der Waals surface area (Å²) in [5, 5.41) is 8.67. The van der Waals surface area contributed by atoms with Crippen molar-refractivity contribution < 1.29 is 9.90 Å². The summed E-state index contributed by atoms with van der Waals surface area (Å²) in [5.74, 6) is 0.793. The number of amides is 1. The number of carbonyl (C=O) groups excluding carboxylic acids is 1. The first-order valence-electron chi connectivity index (χ1n) is 6.11. The highest BCUT2D eigenvalue weighted by Gasteiger charge is 2.32. The summed E-state index contributed by atoms with van der Waals surface area (Å²) < 4.78 is 0. The van der Waals surface area contributed by atoms with Gasteiger partial charge < -0.3 is 14.9 Å². The molecule has 16 heavy (non-hydrogen) atoms. The van der Waals surface area contributed by atoms with E-state index in [1.165, 1.54) is 0 Å². The molecule has 4 nitrogen and oxygen atoms in total. The molecule has 1 aliphatic heterocycles. The Morgan fingerprint density at radius 1 is 1.38 bits per heavy atom. The largest absolute Gasteiger partial charge is 0.396 e. The van der Waals surface area contributed by atoms with Crippen molar-refractivity contribution in [2.45, 2.75) is 32.2 Å². The Labute approximate surface area is 98.2 Å². The highest BCUT2D eigenvalue weighted by atomic mass is 16.3. The Morgan fingerprint density at radius 3 is 2.56 bits per heavy atom. The van der Waals surface area contributed by atoms with Gasteiger partial charge in [-0.15, -0.1) is 0 Å². The molecular weight excluding hydrogens is 204 g/mol. The first-order chi connectivity index (χ1) is 7.56. The van der Waals surface area contributed by atoms with Crippen LogP contribution in [0.1, 0.15) is 26.2 Å². The molecule has 1 N–H and O–H groups in total. The van der Waals surface area contributed by atoms with E-state index in [0.717, 1.165) is 25.9 Å². The van der Waals surface area contributed by atoms with Gasteiger partial charge in [-0.25, -0.2) is 0 Å². The number of aliphatic hydroxyl groups excluding tert-OH is 1. The Bertz CT molecular complexity index is 231. The minimum absolute atomic E-state index is 0.185. The molecule has 1 aliphatic rings. The molecule has 1 fully saturated rings. The van der Waals surface area contributed by atoms with Crippen molar-refractivity contribution in [1.82, 2.24) is 9.80 Å². The van der Waals surface area contributed by atoms with Crippen LogP contribution >= 0.6 is 0 Å². The van der Waals surface area contributed by atoms with Gasteiger partial charge in [0.1, 0.15) is 0 Å². The summed E-state index contributed by atoms with van der Waals surface area (Å²) in [6, 6.07) is 0.488. The highest BCUT2D eigenvalue weighted by Crippen LogP contribution is 2.20. The molecule has 0 aromatic heterocycles. The summed E-state index contributed by atoms with van der Waals surface area (Å²) in [7, 11) is 4.14. The monoisotopic (exact) mass is 228 g/mol. The van der Waals surface area contributed by atoms with Crippen molar-refractivity contribution >= 4 is 5.91 Å². The lowest BCUT2D eigenvalue weighted by Gasteiger charge is -2.22. The van der Waals surface area contributed by atoms with Crippen molar-refractivity contribution in [1.29, 1.82) is 0 Å². The predicted molar refractivity (Wildman–Crippen MR) is 64.2 cm³/mol. The third kappa shape index (κ3) is 3.46. The van der Waals surface area contributed by atoms with Crippen molar-refractivity contribution in [2.75, 3.05) is 33.8 Å². The summed E-state index contributed by atoms with van der Waals surface area (Å²) >= 11 is 0. The smallest absolute Gasteiger partial charge is 0.222 e. The fourth-order valence-corrected chi connectivity index (χ4v) is 2.37. The fourth-order valence-electron chi connectivity index (χ4n) is 2.37. The number of carbonyl (C=O) groups is 1. The lowest BCUT2D eigenvalue weighted by molar-refractivity contribution is -0.130. The van der Waals surface area contributed by atoms with Crippen LogP contribution in [0.5, 0.6) is 0 Å². The van der Waals surface area contributed by atoms with E-state index in [0.29, 0.717) is 18.4 Å². The third-order valence-corrected chi connectivity index (χ3v) is 3.39. The zero-order valence-corrected chi connectivity index (χ0v) is 10.6. The van der Waals surface area contributed by atoms with Gasteiger partial charge in [0.05, 0.1) is 0 Å². The lowest BCUT2D eigenvalue weighted by atomic mass is 10.1. The molecule has 1 rings (SSSR count). The van der Waals surface area contributed by atoms with E-state index in [2.05, 4.69) is 25.9 Å². The van der Waals surface area contributed by atoms with E-state index >= 15 is 0 Å². The van der Waals surface area contributed by atoms with Crippen LogP contribution in [0, 0.1) is 5.92 Å². The van der Waals surface area contributed by atoms with Crippen LogP contribution in [-0.2, 0) is 4.79 Å². The topological polar surface area (TPSA) is 43.8 Å². The molecule has 1 saturated heterocycles. The third-order valence-electron chi connectivity index (χ3n) is 3.39. The van der Waals surface area contributed by atoms with Crippen LogP contribution in [0.25, 0.3) is 0 Å². The van der Waals surface area contributed by atoms with Crippen LogP contribution in [0.3, 0.4) is 0 Å². The van der Waals surface area contributed by atoms with Gasteiger partial charge in [0.15, 0.2) is 0 Å². The van der Waals surface area contributed by atoms with Gasteiger partial charge in [0.25, 0.3) is 0 Å².